The van der Waals surface area contributed by atoms with E-state index >= 15 is 0 Å². The van der Waals surface area contributed by atoms with Crippen molar-refractivity contribution in [2.24, 2.45) is 0 Å². The van der Waals surface area contributed by atoms with Crippen molar-refractivity contribution in [2.75, 3.05) is 5.32 Å². The Morgan fingerprint density at radius 3 is 2.72 bits per heavy atom. The average molecular weight is 263 g/mol. The van der Waals surface area contributed by atoms with E-state index in [4.69, 9.17) is 11.6 Å². The first-order valence-electron chi connectivity index (χ1n) is 5.71. The van der Waals surface area contributed by atoms with Gasteiger partial charge in [-0.1, -0.05) is 11.6 Å². The predicted molar refractivity (Wildman–Crippen MR) is 67.8 cm³/mol. The van der Waals surface area contributed by atoms with Gasteiger partial charge in [-0.25, -0.2) is 4.98 Å². The molecule has 0 radical (unpaired) electrons. The number of rotatable bonds is 3. The van der Waals surface area contributed by atoms with E-state index in [1.54, 1.807) is 24.3 Å². The van der Waals surface area contributed by atoms with Crippen molar-refractivity contribution in [3.05, 3.63) is 40.9 Å². The third-order valence-corrected chi connectivity index (χ3v) is 3.02. The molecule has 1 aliphatic rings. The van der Waals surface area contributed by atoms with Crippen molar-refractivity contribution in [3.63, 3.8) is 0 Å². The van der Waals surface area contributed by atoms with Crippen molar-refractivity contribution < 1.29 is 4.79 Å². The van der Waals surface area contributed by atoms with E-state index in [2.05, 4.69) is 20.5 Å². The average Bonchev–Trinajstić information content (AvgIpc) is 3.10. The van der Waals surface area contributed by atoms with Gasteiger partial charge in [0.25, 0.3) is 5.91 Å². The highest BCUT2D eigenvalue weighted by Crippen LogP contribution is 2.37. The van der Waals surface area contributed by atoms with E-state index in [-0.39, 0.29) is 11.7 Å². The molecule has 3 rings (SSSR count). The minimum Gasteiger partial charge on any atom is -0.319 e. The molecular weight excluding hydrogens is 252 g/mol. The lowest BCUT2D eigenvalue weighted by molar-refractivity contribution is 0.101. The number of hydrogen-bond donors (Lipinski definition) is 2. The van der Waals surface area contributed by atoms with Gasteiger partial charge in [-0.15, -0.1) is 5.10 Å². The van der Waals surface area contributed by atoms with Gasteiger partial charge >= 0.3 is 0 Å². The second-order valence-electron chi connectivity index (χ2n) is 4.28. The molecule has 1 amide bonds. The van der Waals surface area contributed by atoms with E-state index in [1.807, 2.05) is 0 Å². The van der Waals surface area contributed by atoms with Gasteiger partial charge in [0, 0.05) is 16.6 Å². The van der Waals surface area contributed by atoms with Crippen LogP contribution >= 0.6 is 11.6 Å². The molecule has 0 unspecified atom stereocenters. The molecular formula is C12H11ClN4O. The van der Waals surface area contributed by atoms with Gasteiger partial charge in [-0.2, -0.15) is 0 Å². The minimum atomic E-state index is -0.319. The van der Waals surface area contributed by atoms with E-state index in [9.17, 15) is 4.79 Å². The molecule has 1 fully saturated rings. The molecule has 0 spiro atoms. The largest absolute Gasteiger partial charge is 0.319 e. The van der Waals surface area contributed by atoms with Crippen molar-refractivity contribution in [2.45, 2.75) is 18.8 Å². The SMILES string of the molecule is O=C(Nc1ccc(Cl)cc1)c1n[nH]c(C2CC2)n1. The lowest BCUT2D eigenvalue weighted by atomic mass is 10.3. The van der Waals surface area contributed by atoms with Crippen molar-refractivity contribution in [1.82, 2.24) is 15.2 Å². The summed E-state index contributed by atoms with van der Waals surface area (Å²) >= 11 is 5.77. The number of anilines is 1. The highest BCUT2D eigenvalue weighted by atomic mass is 35.5. The first kappa shape index (κ1) is 11.2. The molecule has 2 N–H and O–H groups in total. The number of H-pyrrole nitrogens is 1. The Kier molecular flexibility index (Phi) is 2.76. The monoisotopic (exact) mass is 262 g/mol. The second kappa shape index (κ2) is 4.42. The van der Waals surface area contributed by atoms with E-state index in [0.717, 1.165) is 18.7 Å². The highest BCUT2D eigenvalue weighted by molar-refractivity contribution is 6.30. The van der Waals surface area contributed by atoms with Crippen LogP contribution in [-0.2, 0) is 0 Å². The standard InChI is InChI=1S/C12H11ClN4O/c13-8-3-5-9(6-4-8)14-12(18)11-15-10(16-17-11)7-1-2-7/h3-7H,1-2H2,(H,14,18)(H,15,16,17). The zero-order chi connectivity index (χ0) is 12.5. The van der Waals surface area contributed by atoms with Crippen LogP contribution in [-0.4, -0.2) is 21.1 Å². The van der Waals surface area contributed by atoms with Crippen LogP contribution in [0.3, 0.4) is 0 Å². The van der Waals surface area contributed by atoms with Crippen LogP contribution in [0.2, 0.25) is 5.02 Å². The number of carbonyl (C=O) groups is 1. The van der Waals surface area contributed by atoms with E-state index < -0.39 is 0 Å². The summed E-state index contributed by atoms with van der Waals surface area (Å²) in [6.45, 7) is 0. The smallest absolute Gasteiger partial charge is 0.295 e. The van der Waals surface area contributed by atoms with Gasteiger partial charge < -0.3 is 5.32 Å². The van der Waals surface area contributed by atoms with Gasteiger partial charge in [-0.05, 0) is 37.1 Å². The zero-order valence-electron chi connectivity index (χ0n) is 9.48. The topological polar surface area (TPSA) is 70.7 Å². The maximum atomic E-state index is 11.9. The van der Waals surface area contributed by atoms with Crippen LogP contribution in [0.25, 0.3) is 0 Å². The fourth-order valence-electron chi connectivity index (χ4n) is 1.64. The highest BCUT2D eigenvalue weighted by Gasteiger charge is 2.28. The van der Waals surface area contributed by atoms with Gasteiger partial charge in [0.2, 0.25) is 5.82 Å². The Labute approximate surface area is 109 Å². The summed E-state index contributed by atoms with van der Waals surface area (Å²) in [5, 5.41) is 10.1. The number of nitrogens with zero attached hydrogens (tertiary/aromatic N) is 2. The Morgan fingerprint density at radius 1 is 1.33 bits per heavy atom. The Morgan fingerprint density at radius 2 is 2.06 bits per heavy atom. The predicted octanol–water partition coefficient (Wildman–Crippen LogP) is 2.59. The summed E-state index contributed by atoms with van der Waals surface area (Å²) in [5.41, 5.74) is 0.669. The summed E-state index contributed by atoms with van der Waals surface area (Å²) in [6.07, 6.45) is 2.24. The molecule has 2 aromatic rings. The Hall–Kier alpha value is -1.88. The summed E-state index contributed by atoms with van der Waals surface area (Å²) in [7, 11) is 0. The van der Waals surface area contributed by atoms with Crippen LogP contribution in [0.15, 0.2) is 24.3 Å². The van der Waals surface area contributed by atoms with Gasteiger partial charge in [0.05, 0.1) is 0 Å². The molecule has 1 aromatic carbocycles. The van der Waals surface area contributed by atoms with Crippen molar-refractivity contribution >= 4 is 23.2 Å². The Balaban J connectivity index is 1.71. The molecule has 92 valence electrons. The maximum absolute atomic E-state index is 11.9. The molecule has 0 saturated heterocycles. The molecule has 5 nitrogen and oxygen atoms in total. The van der Waals surface area contributed by atoms with Crippen molar-refractivity contribution in [3.8, 4) is 0 Å². The zero-order valence-corrected chi connectivity index (χ0v) is 10.2. The number of aromatic nitrogens is 3. The fraction of sp³-hybridized carbons (Fsp3) is 0.250. The lowest BCUT2D eigenvalue weighted by Gasteiger charge is -2.01. The molecule has 1 aromatic heterocycles. The molecule has 18 heavy (non-hydrogen) atoms. The number of aromatic amines is 1. The van der Waals surface area contributed by atoms with Crippen LogP contribution in [0, 0.1) is 0 Å². The third kappa shape index (κ3) is 2.36. The van der Waals surface area contributed by atoms with Crippen LogP contribution in [0.5, 0.6) is 0 Å². The quantitative estimate of drug-likeness (QED) is 0.893. The summed E-state index contributed by atoms with van der Waals surface area (Å²) < 4.78 is 0. The van der Waals surface area contributed by atoms with Crippen molar-refractivity contribution in [1.29, 1.82) is 0 Å². The number of carbonyl (C=O) groups excluding carboxylic acids is 1. The lowest BCUT2D eigenvalue weighted by Crippen LogP contribution is -2.13. The minimum absolute atomic E-state index is 0.173. The number of hydrogen-bond acceptors (Lipinski definition) is 3. The number of halogens is 1. The molecule has 1 aliphatic carbocycles. The number of amides is 1. The normalized spacial score (nSPS) is 14.5. The number of nitrogens with one attached hydrogen (secondary N) is 2. The van der Waals surface area contributed by atoms with Crippen LogP contribution in [0.1, 0.15) is 35.2 Å². The summed E-state index contributed by atoms with van der Waals surface area (Å²) in [6, 6.07) is 6.89. The molecule has 0 aliphatic heterocycles. The Bertz CT molecular complexity index is 574. The summed E-state index contributed by atoms with van der Waals surface area (Å²) in [5.74, 6) is 1.11. The maximum Gasteiger partial charge on any atom is 0.295 e. The van der Waals surface area contributed by atoms with E-state index in [0.29, 0.717) is 16.6 Å². The summed E-state index contributed by atoms with van der Waals surface area (Å²) in [4.78, 5) is 16.0. The third-order valence-electron chi connectivity index (χ3n) is 2.77. The molecule has 1 heterocycles. The van der Waals surface area contributed by atoms with Crippen LogP contribution in [0.4, 0.5) is 5.69 Å². The van der Waals surface area contributed by atoms with Gasteiger partial charge in [0.15, 0.2) is 0 Å². The molecule has 0 atom stereocenters. The van der Waals surface area contributed by atoms with Gasteiger partial charge in [-0.3, -0.25) is 9.89 Å². The number of benzene rings is 1. The van der Waals surface area contributed by atoms with E-state index in [1.165, 1.54) is 0 Å². The van der Waals surface area contributed by atoms with Crippen LogP contribution < -0.4 is 5.32 Å². The molecule has 6 heteroatoms. The fourth-order valence-corrected chi connectivity index (χ4v) is 1.76. The molecule has 1 saturated carbocycles. The first-order valence-corrected chi connectivity index (χ1v) is 6.09. The second-order valence-corrected chi connectivity index (χ2v) is 4.72. The van der Waals surface area contributed by atoms with Gasteiger partial charge in [0.1, 0.15) is 5.82 Å². The molecule has 0 bridgehead atoms. The first-order chi connectivity index (χ1) is 8.72.